The Morgan fingerprint density at radius 2 is 1.84 bits per heavy atom. The first-order valence-corrected chi connectivity index (χ1v) is 8.23. The van der Waals surface area contributed by atoms with E-state index < -0.39 is 17.8 Å². The lowest BCUT2D eigenvalue weighted by molar-refractivity contribution is 0.0938. The number of nitrogens with zero attached hydrogens (tertiary/aromatic N) is 2. The Morgan fingerprint density at radius 3 is 2.52 bits per heavy atom. The van der Waals surface area contributed by atoms with Crippen LogP contribution in [0.2, 0.25) is 0 Å². The maximum atomic E-state index is 14.5. The quantitative estimate of drug-likeness (QED) is 0.702. The van der Waals surface area contributed by atoms with Crippen LogP contribution in [0.4, 0.5) is 10.2 Å². The molecule has 0 aliphatic carbocycles. The van der Waals surface area contributed by atoms with Crippen molar-refractivity contribution in [2.75, 3.05) is 5.73 Å². The Bertz CT molecular complexity index is 905. The van der Waals surface area contributed by atoms with Gasteiger partial charge in [-0.3, -0.25) is 4.79 Å². The first-order chi connectivity index (χ1) is 12.1. The zero-order chi connectivity index (χ0) is 17.8. The molecule has 0 unspecified atom stereocenters. The van der Waals surface area contributed by atoms with Crippen LogP contribution >= 0.6 is 15.9 Å². The van der Waals surface area contributed by atoms with E-state index in [0.29, 0.717) is 10.0 Å². The summed E-state index contributed by atoms with van der Waals surface area (Å²) in [6.45, 7) is 0. The van der Waals surface area contributed by atoms with Crippen LogP contribution < -0.4 is 11.1 Å². The summed E-state index contributed by atoms with van der Waals surface area (Å²) >= 11 is 3.24. The summed E-state index contributed by atoms with van der Waals surface area (Å²) in [4.78, 5) is 20.4. The number of nitrogen functional groups attached to an aromatic ring is 1. The number of halogens is 2. The second kappa shape index (κ2) is 7.40. The molecule has 1 aromatic heterocycles. The standard InChI is InChI=1S/C18H14BrFN4O/c19-12-6-7-13(14(20)10-12)15(11-4-2-1-3-5-11)24-18(25)16-17(21)23-9-8-22-16/h1-10,15H,(H2,21,23)(H,24,25)/t15-/m1/s1. The highest BCUT2D eigenvalue weighted by Gasteiger charge is 2.22. The third-order valence-corrected chi connectivity index (χ3v) is 4.12. The predicted octanol–water partition coefficient (Wildman–Crippen LogP) is 3.48. The average molecular weight is 401 g/mol. The van der Waals surface area contributed by atoms with Crippen LogP contribution in [0.25, 0.3) is 0 Å². The number of hydrogen-bond acceptors (Lipinski definition) is 4. The number of hydrogen-bond donors (Lipinski definition) is 2. The fourth-order valence-corrected chi connectivity index (χ4v) is 2.78. The summed E-state index contributed by atoms with van der Waals surface area (Å²) in [5.74, 6) is -0.944. The van der Waals surface area contributed by atoms with Gasteiger partial charge in [0.2, 0.25) is 0 Å². The number of aromatic nitrogens is 2. The van der Waals surface area contributed by atoms with Gasteiger partial charge in [-0.1, -0.05) is 52.3 Å². The smallest absolute Gasteiger partial charge is 0.274 e. The molecule has 0 radical (unpaired) electrons. The number of amides is 1. The lowest BCUT2D eigenvalue weighted by Crippen LogP contribution is -2.31. The molecule has 5 nitrogen and oxygen atoms in total. The summed E-state index contributed by atoms with van der Waals surface area (Å²) in [6.07, 6.45) is 2.78. The van der Waals surface area contributed by atoms with Gasteiger partial charge in [-0.15, -0.1) is 0 Å². The van der Waals surface area contributed by atoms with Gasteiger partial charge in [0.25, 0.3) is 5.91 Å². The van der Waals surface area contributed by atoms with E-state index in [1.165, 1.54) is 18.5 Å². The van der Waals surface area contributed by atoms with E-state index in [0.717, 1.165) is 5.56 Å². The second-order valence-corrected chi connectivity index (χ2v) is 6.19. The van der Waals surface area contributed by atoms with Crippen molar-refractivity contribution in [1.29, 1.82) is 0 Å². The Labute approximate surface area is 152 Å². The molecule has 0 saturated heterocycles. The van der Waals surface area contributed by atoms with Crippen LogP contribution in [0.15, 0.2) is 65.4 Å². The first kappa shape index (κ1) is 17.0. The molecule has 7 heteroatoms. The first-order valence-electron chi connectivity index (χ1n) is 7.43. The van der Waals surface area contributed by atoms with Crippen LogP contribution in [0.3, 0.4) is 0 Å². The van der Waals surface area contributed by atoms with E-state index in [1.54, 1.807) is 12.1 Å². The zero-order valence-electron chi connectivity index (χ0n) is 13.0. The summed E-state index contributed by atoms with van der Waals surface area (Å²) in [5.41, 5.74) is 6.78. The Kier molecular flexibility index (Phi) is 5.04. The number of anilines is 1. The molecule has 3 rings (SSSR count). The number of carbonyl (C=O) groups excluding carboxylic acids is 1. The van der Waals surface area contributed by atoms with Crippen molar-refractivity contribution >= 4 is 27.7 Å². The average Bonchev–Trinajstić information content (AvgIpc) is 2.61. The Balaban J connectivity index is 2.00. The molecule has 25 heavy (non-hydrogen) atoms. The molecule has 1 amide bonds. The van der Waals surface area contributed by atoms with Crippen molar-refractivity contribution in [2.24, 2.45) is 0 Å². The van der Waals surface area contributed by atoms with Crippen molar-refractivity contribution in [2.45, 2.75) is 6.04 Å². The largest absolute Gasteiger partial charge is 0.382 e. The minimum atomic E-state index is -0.691. The number of nitrogens with one attached hydrogen (secondary N) is 1. The van der Waals surface area contributed by atoms with E-state index in [2.05, 4.69) is 31.2 Å². The van der Waals surface area contributed by atoms with Gasteiger partial charge in [0.1, 0.15) is 5.82 Å². The van der Waals surface area contributed by atoms with E-state index in [9.17, 15) is 9.18 Å². The summed E-state index contributed by atoms with van der Waals surface area (Å²) < 4.78 is 15.1. The zero-order valence-corrected chi connectivity index (χ0v) is 14.6. The molecule has 0 aliphatic rings. The lowest BCUT2D eigenvalue weighted by atomic mass is 9.98. The molecule has 3 N–H and O–H groups in total. The SMILES string of the molecule is Nc1nccnc1C(=O)N[C@H](c1ccccc1)c1ccc(Br)cc1F. The maximum absolute atomic E-state index is 14.5. The molecule has 3 aromatic rings. The van der Waals surface area contributed by atoms with Crippen LogP contribution in [-0.4, -0.2) is 15.9 Å². The van der Waals surface area contributed by atoms with E-state index in [1.807, 2.05) is 30.3 Å². The predicted molar refractivity (Wildman–Crippen MR) is 96.3 cm³/mol. The summed E-state index contributed by atoms with van der Waals surface area (Å²) in [5, 5.41) is 2.79. The molecule has 0 bridgehead atoms. The normalized spacial score (nSPS) is 11.8. The van der Waals surface area contributed by atoms with Gasteiger partial charge in [-0.2, -0.15) is 0 Å². The third kappa shape index (κ3) is 3.83. The van der Waals surface area contributed by atoms with Gasteiger partial charge < -0.3 is 11.1 Å². The van der Waals surface area contributed by atoms with Gasteiger partial charge in [-0.25, -0.2) is 14.4 Å². The van der Waals surface area contributed by atoms with Gasteiger partial charge in [0.05, 0.1) is 6.04 Å². The fraction of sp³-hybridized carbons (Fsp3) is 0.0556. The molecule has 0 aliphatic heterocycles. The summed E-state index contributed by atoms with van der Waals surface area (Å²) in [6, 6.07) is 13.1. The minimum Gasteiger partial charge on any atom is -0.382 e. The molecule has 1 heterocycles. The third-order valence-electron chi connectivity index (χ3n) is 3.62. The highest BCUT2D eigenvalue weighted by molar-refractivity contribution is 9.10. The van der Waals surface area contributed by atoms with Crippen molar-refractivity contribution in [3.8, 4) is 0 Å². The van der Waals surface area contributed by atoms with Gasteiger partial charge >= 0.3 is 0 Å². The molecule has 0 saturated carbocycles. The van der Waals surface area contributed by atoms with E-state index >= 15 is 0 Å². The molecule has 0 spiro atoms. The van der Waals surface area contributed by atoms with E-state index in [-0.39, 0.29) is 11.5 Å². The van der Waals surface area contributed by atoms with Crippen molar-refractivity contribution < 1.29 is 9.18 Å². The fourth-order valence-electron chi connectivity index (χ4n) is 2.44. The molecule has 1 atom stereocenters. The molecular formula is C18H14BrFN4O. The van der Waals surface area contributed by atoms with Gasteiger partial charge in [0.15, 0.2) is 11.5 Å². The van der Waals surface area contributed by atoms with Crippen LogP contribution in [0.1, 0.15) is 27.7 Å². The maximum Gasteiger partial charge on any atom is 0.274 e. The van der Waals surface area contributed by atoms with E-state index in [4.69, 9.17) is 5.73 Å². The molecular weight excluding hydrogens is 387 g/mol. The van der Waals surface area contributed by atoms with Crippen molar-refractivity contribution in [3.63, 3.8) is 0 Å². The van der Waals surface area contributed by atoms with Gasteiger partial charge in [0, 0.05) is 22.4 Å². The van der Waals surface area contributed by atoms with Crippen molar-refractivity contribution in [1.82, 2.24) is 15.3 Å². The van der Waals surface area contributed by atoms with Crippen LogP contribution in [-0.2, 0) is 0 Å². The Morgan fingerprint density at radius 1 is 1.12 bits per heavy atom. The highest BCUT2D eigenvalue weighted by Crippen LogP contribution is 2.27. The molecule has 126 valence electrons. The monoisotopic (exact) mass is 400 g/mol. The lowest BCUT2D eigenvalue weighted by Gasteiger charge is -2.20. The number of carbonyl (C=O) groups is 1. The topological polar surface area (TPSA) is 80.9 Å². The van der Waals surface area contributed by atoms with Crippen molar-refractivity contribution in [3.05, 3.63) is 88.0 Å². The number of rotatable bonds is 4. The van der Waals surface area contributed by atoms with Crippen LogP contribution in [0.5, 0.6) is 0 Å². The molecule has 2 aromatic carbocycles. The van der Waals surface area contributed by atoms with Crippen LogP contribution in [0, 0.1) is 5.82 Å². The summed E-state index contributed by atoms with van der Waals surface area (Å²) in [7, 11) is 0. The second-order valence-electron chi connectivity index (χ2n) is 5.27. The Hall–Kier alpha value is -2.80. The minimum absolute atomic E-state index is 0.000881. The highest BCUT2D eigenvalue weighted by atomic mass is 79.9. The molecule has 0 fully saturated rings. The number of benzene rings is 2. The number of nitrogens with two attached hydrogens (primary N) is 1. The van der Waals surface area contributed by atoms with Gasteiger partial charge in [-0.05, 0) is 17.7 Å².